The van der Waals surface area contributed by atoms with E-state index in [9.17, 15) is 0 Å². The maximum absolute atomic E-state index is 5.71. The molecule has 1 fully saturated rings. The van der Waals surface area contributed by atoms with E-state index in [-0.39, 0.29) is 5.54 Å². The molecule has 0 heterocycles. The Morgan fingerprint density at radius 3 is 2.31 bits per heavy atom. The predicted octanol–water partition coefficient (Wildman–Crippen LogP) is 2.35. The normalized spacial score (nSPS) is 25.9. The van der Waals surface area contributed by atoms with Crippen LogP contribution in [-0.2, 0) is 9.47 Å². The van der Waals surface area contributed by atoms with Crippen LogP contribution in [0, 0.1) is 0 Å². The third-order valence-electron chi connectivity index (χ3n) is 2.62. The lowest BCUT2D eigenvalue weighted by Gasteiger charge is -2.40. The van der Waals surface area contributed by atoms with E-state index in [2.05, 4.69) is 26.1 Å². The Labute approximate surface area is 99.9 Å². The molecular weight excluding hydrogens is 202 g/mol. The molecule has 1 saturated carbocycles. The van der Waals surface area contributed by atoms with Crippen LogP contribution in [0.2, 0.25) is 0 Å². The van der Waals surface area contributed by atoms with Crippen LogP contribution in [0.1, 0.15) is 47.5 Å². The van der Waals surface area contributed by atoms with E-state index < -0.39 is 0 Å². The van der Waals surface area contributed by atoms with Crippen molar-refractivity contribution in [2.45, 2.75) is 71.2 Å². The molecule has 0 amide bonds. The van der Waals surface area contributed by atoms with Gasteiger partial charge < -0.3 is 14.8 Å². The first kappa shape index (κ1) is 13.9. The average molecular weight is 229 g/mol. The summed E-state index contributed by atoms with van der Waals surface area (Å²) in [5, 5.41) is 3.58. The van der Waals surface area contributed by atoms with E-state index in [1.165, 1.54) is 0 Å². The first-order valence-corrected chi connectivity index (χ1v) is 6.38. The van der Waals surface area contributed by atoms with Crippen molar-refractivity contribution >= 4 is 0 Å². The molecule has 0 unspecified atom stereocenters. The minimum Gasteiger partial charge on any atom is -0.376 e. The topological polar surface area (TPSA) is 30.5 Å². The first-order chi connectivity index (χ1) is 7.37. The van der Waals surface area contributed by atoms with Crippen LogP contribution in [0.25, 0.3) is 0 Å². The van der Waals surface area contributed by atoms with Crippen molar-refractivity contribution in [3.63, 3.8) is 0 Å². The van der Waals surface area contributed by atoms with E-state index in [0.29, 0.717) is 24.9 Å². The zero-order chi connectivity index (χ0) is 12.2. The third-order valence-corrected chi connectivity index (χ3v) is 2.62. The molecule has 16 heavy (non-hydrogen) atoms. The number of hydrogen-bond acceptors (Lipinski definition) is 3. The predicted molar refractivity (Wildman–Crippen MR) is 66.7 cm³/mol. The molecule has 0 aromatic heterocycles. The molecule has 96 valence electrons. The van der Waals surface area contributed by atoms with Crippen molar-refractivity contribution in [3.8, 4) is 0 Å². The Kier molecular flexibility index (Phi) is 5.22. The highest BCUT2D eigenvalue weighted by Gasteiger charge is 2.31. The van der Waals surface area contributed by atoms with Gasteiger partial charge in [0.15, 0.2) is 0 Å². The van der Waals surface area contributed by atoms with Crippen LogP contribution in [-0.4, -0.2) is 37.0 Å². The van der Waals surface area contributed by atoms with Gasteiger partial charge in [-0.2, -0.15) is 0 Å². The standard InChI is InChI=1S/C13H27NO2/c1-10(2)15-6-7-16-12-8-11(9-12)14-13(3,4)5/h10-12,14H,6-9H2,1-5H3/t11-,12+. The monoisotopic (exact) mass is 229 g/mol. The van der Waals surface area contributed by atoms with E-state index in [1.54, 1.807) is 0 Å². The van der Waals surface area contributed by atoms with Gasteiger partial charge in [-0.25, -0.2) is 0 Å². The lowest BCUT2D eigenvalue weighted by atomic mass is 9.87. The Morgan fingerprint density at radius 2 is 1.81 bits per heavy atom. The number of ether oxygens (including phenoxy) is 2. The lowest BCUT2D eigenvalue weighted by molar-refractivity contribution is -0.0535. The molecule has 3 nitrogen and oxygen atoms in total. The minimum atomic E-state index is 0.219. The fourth-order valence-corrected chi connectivity index (χ4v) is 1.93. The molecule has 0 bridgehead atoms. The Balaban J connectivity index is 1.96. The van der Waals surface area contributed by atoms with Crippen molar-refractivity contribution in [3.05, 3.63) is 0 Å². The SMILES string of the molecule is CC(C)OCCO[C@H]1C[C@@H](NC(C)(C)C)C1. The van der Waals surface area contributed by atoms with Crippen molar-refractivity contribution in [2.75, 3.05) is 13.2 Å². The summed E-state index contributed by atoms with van der Waals surface area (Å²) in [6.45, 7) is 12.2. The maximum atomic E-state index is 5.71. The molecule has 0 atom stereocenters. The van der Waals surface area contributed by atoms with Crippen LogP contribution in [0.4, 0.5) is 0 Å². The molecule has 1 N–H and O–H groups in total. The lowest BCUT2D eigenvalue weighted by Crippen LogP contribution is -2.52. The first-order valence-electron chi connectivity index (χ1n) is 6.38. The zero-order valence-corrected chi connectivity index (χ0v) is 11.4. The second-order valence-corrected chi connectivity index (χ2v) is 5.98. The third kappa shape index (κ3) is 5.83. The summed E-state index contributed by atoms with van der Waals surface area (Å²) in [6, 6.07) is 0.635. The maximum Gasteiger partial charge on any atom is 0.0704 e. The fourth-order valence-electron chi connectivity index (χ4n) is 1.93. The summed E-state index contributed by atoms with van der Waals surface area (Å²) in [5.74, 6) is 0. The molecule has 1 rings (SSSR count). The van der Waals surface area contributed by atoms with Gasteiger partial charge in [0, 0.05) is 11.6 Å². The molecule has 3 heteroatoms. The van der Waals surface area contributed by atoms with Gasteiger partial charge in [0.1, 0.15) is 0 Å². The van der Waals surface area contributed by atoms with Gasteiger partial charge in [-0.1, -0.05) is 0 Å². The highest BCUT2D eigenvalue weighted by atomic mass is 16.5. The minimum absolute atomic E-state index is 0.219. The molecule has 0 aromatic carbocycles. The summed E-state index contributed by atoms with van der Waals surface area (Å²) in [4.78, 5) is 0. The molecule has 0 aliphatic heterocycles. The number of nitrogens with one attached hydrogen (secondary N) is 1. The van der Waals surface area contributed by atoms with Crippen LogP contribution in [0.3, 0.4) is 0 Å². The average Bonchev–Trinajstić information content (AvgIpc) is 2.04. The Morgan fingerprint density at radius 1 is 1.19 bits per heavy atom. The Hall–Kier alpha value is -0.120. The summed E-state index contributed by atoms with van der Waals surface area (Å²) < 4.78 is 11.1. The van der Waals surface area contributed by atoms with Crippen molar-refractivity contribution in [1.29, 1.82) is 0 Å². The number of rotatable bonds is 6. The van der Waals surface area contributed by atoms with Crippen LogP contribution >= 0.6 is 0 Å². The van der Waals surface area contributed by atoms with Crippen LogP contribution in [0.15, 0.2) is 0 Å². The molecular formula is C13H27NO2. The van der Waals surface area contributed by atoms with Crippen LogP contribution < -0.4 is 5.32 Å². The van der Waals surface area contributed by atoms with Crippen molar-refractivity contribution in [1.82, 2.24) is 5.32 Å². The van der Waals surface area contributed by atoms with E-state index >= 15 is 0 Å². The summed E-state index contributed by atoms with van der Waals surface area (Å²) in [6.07, 6.45) is 3.02. The smallest absolute Gasteiger partial charge is 0.0704 e. The fraction of sp³-hybridized carbons (Fsp3) is 1.00. The molecule has 0 aromatic rings. The summed E-state index contributed by atoms with van der Waals surface area (Å²) in [7, 11) is 0. The molecule has 0 spiro atoms. The Bertz CT molecular complexity index is 193. The van der Waals surface area contributed by atoms with Crippen molar-refractivity contribution in [2.24, 2.45) is 0 Å². The summed E-state index contributed by atoms with van der Waals surface area (Å²) >= 11 is 0. The van der Waals surface area contributed by atoms with Gasteiger partial charge in [0.25, 0.3) is 0 Å². The molecule has 0 saturated heterocycles. The van der Waals surface area contributed by atoms with E-state index in [1.807, 2.05) is 13.8 Å². The number of hydrogen-bond donors (Lipinski definition) is 1. The molecule has 0 radical (unpaired) electrons. The second kappa shape index (κ2) is 5.99. The summed E-state index contributed by atoms with van der Waals surface area (Å²) in [5.41, 5.74) is 0.219. The van der Waals surface area contributed by atoms with Crippen LogP contribution in [0.5, 0.6) is 0 Å². The van der Waals surface area contributed by atoms with E-state index in [0.717, 1.165) is 19.4 Å². The molecule has 1 aliphatic carbocycles. The van der Waals surface area contributed by atoms with E-state index in [4.69, 9.17) is 9.47 Å². The van der Waals surface area contributed by atoms with Gasteiger partial charge in [0.05, 0.1) is 25.4 Å². The second-order valence-electron chi connectivity index (χ2n) is 5.98. The van der Waals surface area contributed by atoms with Gasteiger partial charge in [-0.05, 0) is 47.5 Å². The zero-order valence-electron chi connectivity index (χ0n) is 11.4. The van der Waals surface area contributed by atoms with Gasteiger partial charge in [-0.3, -0.25) is 0 Å². The van der Waals surface area contributed by atoms with Gasteiger partial charge >= 0.3 is 0 Å². The highest BCUT2D eigenvalue weighted by Crippen LogP contribution is 2.25. The molecule has 1 aliphatic rings. The van der Waals surface area contributed by atoms with Crippen molar-refractivity contribution < 1.29 is 9.47 Å². The van der Waals surface area contributed by atoms with Gasteiger partial charge in [0.2, 0.25) is 0 Å². The highest BCUT2D eigenvalue weighted by molar-refractivity contribution is 4.90. The largest absolute Gasteiger partial charge is 0.376 e. The quantitative estimate of drug-likeness (QED) is 0.709. The van der Waals surface area contributed by atoms with Gasteiger partial charge in [-0.15, -0.1) is 0 Å².